The smallest absolute Gasteiger partial charge is 0.0298 e. The third-order valence-electron chi connectivity index (χ3n) is 9.21. The monoisotopic (exact) mass is 378 g/mol. The molecule has 0 heterocycles. The van der Waals surface area contributed by atoms with Crippen molar-refractivity contribution in [2.24, 2.45) is 46.8 Å². The summed E-state index contributed by atoms with van der Waals surface area (Å²) in [5.41, 5.74) is 0.654. The summed E-state index contributed by atoms with van der Waals surface area (Å²) in [5, 5.41) is 0. The van der Waals surface area contributed by atoms with E-state index in [0.717, 1.165) is 41.4 Å². The van der Waals surface area contributed by atoms with E-state index < -0.39 is 0 Å². The van der Waals surface area contributed by atoms with Crippen LogP contribution < -0.4 is 0 Å². The van der Waals surface area contributed by atoms with Crippen molar-refractivity contribution in [1.29, 1.82) is 0 Å². The zero-order valence-corrected chi connectivity index (χ0v) is 20.6. The maximum atomic E-state index is 2.50. The Kier molecular flexibility index (Phi) is 11.0. The lowest BCUT2D eigenvalue weighted by atomic mass is 9.52. The van der Waals surface area contributed by atoms with Crippen LogP contribution in [0.1, 0.15) is 127 Å². The molecule has 0 aromatic rings. The van der Waals surface area contributed by atoms with E-state index in [4.69, 9.17) is 0 Å². The van der Waals surface area contributed by atoms with Gasteiger partial charge in [-0.1, -0.05) is 94.4 Å². The van der Waals surface area contributed by atoms with Gasteiger partial charge in [0.05, 0.1) is 0 Å². The molecule has 0 N–H and O–H groups in total. The van der Waals surface area contributed by atoms with Crippen molar-refractivity contribution in [1.82, 2.24) is 0 Å². The van der Waals surface area contributed by atoms with E-state index in [-0.39, 0.29) is 0 Å². The minimum atomic E-state index is 0.654. The molecule has 0 heteroatoms. The normalized spacial score (nSPS) is 41.0. The van der Waals surface area contributed by atoms with Gasteiger partial charge in [-0.25, -0.2) is 0 Å². The Morgan fingerprint density at radius 1 is 0.704 bits per heavy atom. The average Bonchev–Trinajstić information content (AvgIpc) is 2.86. The topological polar surface area (TPSA) is 0 Å². The van der Waals surface area contributed by atoms with Crippen LogP contribution >= 0.6 is 0 Å². The second-order valence-corrected chi connectivity index (χ2v) is 10.2. The second-order valence-electron chi connectivity index (χ2n) is 10.2. The van der Waals surface area contributed by atoms with Crippen LogP contribution in [0.4, 0.5) is 0 Å². The van der Waals surface area contributed by atoms with Gasteiger partial charge in [0.1, 0.15) is 0 Å². The van der Waals surface area contributed by atoms with Gasteiger partial charge in [-0.15, -0.1) is 0 Å². The highest BCUT2D eigenvalue weighted by atomic mass is 14.5. The van der Waals surface area contributed by atoms with Crippen molar-refractivity contribution < 1.29 is 0 Å². The van der Waals surface area contributed by atoms with Crippen LogP contribution in [0, 0.1) is 46.8 Å². The van der Waals surface area contributed by atoms with Gasteiger partial charge in [0.25, 0.3) is 0 Å². The van der Waals surface area contributed by atoms with Gasteiger partial charge >= 0.3 is 0 Å². The Morgan fingerprint density at radius 3 is 1.63 bits per heavy atom. The molecule has 0 saturated heterocycles. The van der Waals surface area contributed by atoms with Gasteiger partial charge in [0.2, 0.25) is 0 Å². The highest BCUT2D eigenvalue weighted by Crippen LogP contribution is 2.55. The van der Waals surface area contributed by atoms with Gasteiger partial charge in [0.15, 0.2) is 0 Å². The molecule has 0 amide bonds. The van der Waals surface area contributed by atoms with E-state index in [9.17, 15) is 0 Å². The summed E-state index contributed by atoms with van der Waals surface area (Å²) < 4.78 is 0. The minimum absolute atomic E-state index is 0.654. The van der Waals surface area contributed by atoms with Crippen LogP contribution in [0.15, 0.2) is 0 Å². The van der Waals surface area contributed by atoms with Crippen LogP contribution in [-0.4, -0.2) is 0 Å². The molecule has 162 valence electrons. The first kappa shape index (κ1) is 25.0. The van der Waals surface area contributed by atoms with E-state index in [0.29, 0.717) is 5.41 Å². The number of fused-ring (bicyclic) bond motifs is 5. The molecule has 5 saturated carbocycles. The largest absolute Gasteiger partial charge is 0.0683 e. The quantitative estimate of drug-likeness (QED) is 0.426. The van der Waals surface area contributed by atoms with E-state index >= 15 is 0 Å². The summed E-state index contributed by atoms with van der Waals surface area (Å²) in [6.45, 7) is 20.3. The lowest BCUT2D eigenvalue weighted by molar-refractivity contribution is -0.0319. The molecule has 0 spiro atoms. The molecule has 5 atom stereocenters. The Balaban J connectivity index is 0.000000229. The summed E-state index contributed by atoms with van der Waals surface area (Å²) in [5.74, 6) is 7.42. The van der Waals surface area contributed by atoms with Crippen molar-refractivity contribution in [3.63, 3.8) is 0 Å². The number of hydrogen-bond donors (Lipinski definition) is 0. The lowest BCUT2D eigenvalue weighted by Crippen LogP contribution is -2.44. The van der Waals surface area contributed by atoms with Gasteiger partial charge in [-0.2, -0.15) is 0 Å². The maximum Gasteiger partial charge on any atom is -0.0298 e. The summed E-state index contributed by atoms with van der Waals surface area (Å²) in [4.78, 5) is 0. The first-order valence-electron chi connectivity index (χ1n) is 12.9. The van der Waals surface area contributed by atoms with Crippen molar-refractivity contribution in [2.45, 2.75) is 127 Å². The molecule has 5 aliphatic carbocycles. The minimum Gasteiger partial charge on any atom is -0.0683 e. The molecule has 5 fully saturated rings. The van der Waals surface area contributed by atoms with Crippen molar-refractivity contribution in [2.75, 3.05) is 0 Å². The molecule has 5 aliphatic rings. The first-order chi connectivity index (χ1) is 12.9. The standard InChI is InChI=1S/C12H22.C11H20.2C2H6/c1-3-12-9(2)10-6-4-5-7-11(12)8-10;1-8-9-4-6-10(7-5-9)11(8,2)3;2*1-2/h9-12H,3-8H2,1-2H3;8-10H,4-7H2,1-3H3;2*1-2H3. The van der Waals surface area contributed by atoms with Crippen LogP contribution in [0.25, 0.3) is 0 Å². The van der Waals surface area contributed by atoms with E-state index in [2.05, 4.69) is 34.6 Å². The first-order valence-corrected chi connectivity index (χ1v) is 12.9. The molecule has 0 aliphatic heterocycles. The lowest BCUT2D eigenvalue weighted by Gasteiger charge is -2.53. The molecule has 4 bridgehead atoms. The van der Waals surface area contributed by atoms with Crippen LogP contribution in [-0.2, 0) is 0 Å². The van der Waals surface area contributed by atoms with Crippen molar-refractivity contribution in [3.8, 4) is 0 Å². The van der Waals surface area contributed by atoms with Gasteiger partial charge in [0, 0.05) is 0 Å². The van der Waals surface area contributed by atoms with Crippen LogP contribution in [0.3, 0.4) is 0 Å². The zero-order valence-electron chi connectivity index (χ0n) is 20.6. The SMILES string of the molecule is CC.CC.CC1C2CCC(CC2)C1(C)C.CCC1C2CCCCC(C2)C1C. The Labute approximate surface area is 173 Å². The van der Waals surface area contributed by atoms with Crippen LogP contribution in [0.2, 0.25) is 0 Å². The van der Waals surface area contributed by atoms with Gasteiger partial charge < -0.3 is 0 Å². The van der Waals surface area contributed by atoms with Crippen molar-refractivity contribution >= 4 is 0 Å². The molecule has 5 unspecified atom stereocenters. The molecule has 0 aromatic carbocycles. The molecule has 27 heavy (non-hydrogen) atoms. The predicted octanol–water partition coefficient (Wildman–Crippen LogP) is 9.38. The average molecular weight is 379 g/mol. The number of rotatable bonds is 1. The zero-order chi connectivity index (χ0) is 20.6. The third kappa shape index (κ3) is 5.76. The molecule has 0 nitrogen and oxygen atoms in total. The maximum absolute atomic E-state index is 2.50. The molecule has 0 radical (unpaired) electrons. The second kappa shape index (κ2) is 11.9. The van der Waals surface area contributed by atoms with E-state index in [1.54, 1.807) is 12.8 Å². The van der Waals surface area contributed by atoms with Crippen molar-refractivity contribution in [3.05, 3.63) is 0 Å². The summed E-state index contributed by atoms with van der Waals surface area (Å²) in [6, 6.07) is 0. The molecular weight excluding hydrogens is 324 g/mol. The fraction of sp³-hybridized carbons (Fsp3) is 1.00. The predicted molar refractivity (Wildman–Crippen MR) is 124 cm³/mol. The van der Waals surface area contributed by atoms with Crippen LogP contribution in [0.5, 0.6) is 0 Å². The fourth-order valence-corrected chi connectivity index (χ4v) is 7.13. The summed E-state index contributed by atoms with van der Waals surface area (Å²) in [6.07, 6.45) is 15.2. The Bertz CT molecular complexity index is 369. The van der Waals surface area contributed by atoms with E-state index in [1.165, 1.54) is 51.4 Å². The summed E-state index contributed by atoms with van der Waals surface area (Å²) in [7, 11) is 0. The molecule has 5 rings (SSSR count). The highest BCUT2D eigenvalue weighted by molar-refractivity contribution is 4.96. The molecule has 0 aromatic heterocycles. The Hall–Kier alpha value is 0. The number of hydrogen-bond acceptors (Lipinski definition) is 0. The molecular formula is C27H54. The Morgan fingerprint density at radius 2 is 1.22 bits per heavy atom. The van der Waals surface area contributed by atoms with Gasteiger partial charge in [-0.05, 0) is 78.9 Å². The third-order valence-corrected chi connectivity index (χ3v) is 9.21. The fourth-order valence-electron chi connectivity index (χ4n) is 7.13. The summed E-state index contributed by atoms with van der Waals surface area (Å²) >= 11 is 0. The van der Waals surface area contributed by atoms with Gasteiger partial charge in [-0.3, -0.25) is 0 Å². The highest BCUT2D eigenvalue weighted by Gasteiger charge is 2.46. The van der Waals surface area contributed by atoms with E-state index in [1.807, 2.05) is 27.7 Å².